The van der Waals surface area contributed by atoms with E-state index in [1.807, 2.05) is 12.1 Å². The van der Waals surface area contributed by atoms with Crippen LogP contribution in [-0.2, 0) is 0 Å². The third-order valence-electron chi connectivity index (χ3n) is 2.57. The van der Waals surface area contributed by atoms with Crippen LogP contribution in [0.4, 0.5) is 5.69 Å². The van der Waals surface area contributed by atoms with Crippen LogP contribution in [0.3, 0.4) is 0 Å². The molecule has 74 valence electrons. The third kappa shape index (κ3) is 1.75. The van der Waals surface area contributed by atoms with Crippen molar-refractivity contribution in [1.29, 1.82) is 0 Å². The van der Waals surface area contributed by atoms with Gasteiger partial charge in [0.2, 0.25) is 0 Å². The number of nitro groups is 1. The Labute approximate surface area is 82.1 Å². The highest BCUT2D eigenvalue weighted by molar-refractivity contribution is 5.34. The van der Waals surface area contributed by atoms with Gasteiger partial charge in [-0.15, -0.1) is 0 Å². The predicted molar refractivity (Wildman–Crippen MR) is 53.1 cm³/mol. The highest BCUT2D eigenvalue weighted by Crippen LogP contribution is 2.24. The summed E-state index contributed by atoms with van der Waals surface area (Å²) in [5, 5.41) is 13.8. The van der Waals surface area contributed by atoms with Gasteiger partial charge in [-0.1, -0.05) is 12.1 Å². The first-order valence-corrected chi connectivity index (χ1v) is 4.75. The van der Waals surface area contributed by atoms with E-state index in [9.17, 15) is 10.1 Å². The summed E-state index contributed by atoms with van der Waals surface area (Å²) in [5.74, 6) is 0. The van der Waals surface area contributed by atoms with Crippen molar-refractivity contribution in [3.05, 3.63) is 39.9 Å². The lowest BCUT2D eigenvalue weighted by Crippen LogP contribution is -2.12. The van der Waals surface area contributed by atoms with Gasteiger partial charge in [-0.05, 0) is 24.9 Å². The minimum absolute atomic E-state index is 0.159. The largest absolute Gasteiger partial charge is 0.310 e. The standard InChI is InChI=1S/C10H12N2O2/c13-12(14)9-5-3-8(4-6-9)10-2-1-7-11-10/h3-6,10-11H,1-2,7H2/t10-/m0/s1. The van der Waals surface area contributed by atoms with Gasteiger partial charge in [-0.25, -0.2) is 0 Å². The molecule has 0 bridgehead atoms. The summed E-state index contributed by atoms with van der Waals surface area (Å²) in [6.45, 7) is 1.04. The van der Waals surface area contributed by atoms with Crippen LogP contribution in [0.1, 0.15) is 24.4 Å². The van der Waals surface area contributed by atoms with Gasteiger partial charge in [0.25, 0.3) is 5.69 Å². The lowest BCUT2D eigenvalue weighted by Gasteiger charge is -2.09. The molecule has 0 amide bonds. The molecule has 4 nitrogen and oxygen atoms in total. The van der Waals surface area contributed by atoms with E-state index in [0.717, 1.165) is 18.5 Å². The molecule has 1 atom stereocenters. The van der Waals surface area contributed by atoms with Crippen LogP contribution in [0, 0.1) is 10.1 Å². The van der Waals surface area contributed by atoms with Gasteiger partial charge in [0.15, 0.2) is 0 Å². The van der Waals surface area contributed by atoms with E-state index >= 15 is 0 Å². The maximum Gasteiger partial charge on any atom is 0.269 e. The van der Waals surface area contributed by atoms with E-state index in [-0.39, 0.29) is 10.6 Å². The molecule has 1 heterocycles. The van der Waals surface area contributed by atoms with Gasteiger partial charge in [-0.2, -0.15) is 0 Å². The highest BCUT2D eigenvalue weighted by atomic mass is 16.6. The van der Waals surface area contributed by atoms with Crippen molar-refractivity contribution in [3.63, 3.8) is 0 Å². The number of non-ortho nitro benzene ring substituents is 1. The minimum Gasteiger partial charge on any atom is -0.310 e. The van der Waals surface area contributed by atoms with Crippen molar-refractivity contribution < 1.29 is 4.92 Å². The van der Waals surface area contributed by atoms with E-state index in [1.54, 1.807) is 12.1 Å². The first kappa shape index (κ1) is 9.15. The van der Waals surface area contributed by atoms with Gasteiger partial charge in [0.1, 0.15) is 0 Å². The van der Waals surface area contributed by atoms with Crippen molar-refractivity contribution in [2.45, 2.75) is 18.9 Å². The molecular formula is C10H12N2O2. The Morgan fingerprint density at radius 1 is 1.36 bits per heavy atom. The predicted octanol–water partition coefficient (Wildman–Crippen LogP) is 2.02. The fourth-order valence-electron chi connectivity index (χ4n) is 1.80. The molecule has 1 aliphatic heterocycles. The fourth-order valence-corrected chi connectivity index (χ4v) is 1.80. The number of rotatable bonds is 2. The van der Waals surface area contributed by atoms with E-state index in [0.29, 0.717) is 6.04 Å². The molecule has 0 radical (unpaired) electrons. The Hall–Kier alpha value is -1.42. The molecule has 1 fully saturated rings. The summed E-state index contributed by atoms with van der Waals surface area (Å²) in [7, 11) is 0. The Balaban J connectivity index is 2.16. The van der Waals surface area contributed by atoms with E-state index in [2.05, 4.69) is 5.32 Å². The summed E-state index contributed by atoms with van der Waals surface area (Å²) in [5.41, 5.74) is 1.31. The summed E-state index contributed by atoms with van der Waals surface area (Å²) >= 11 is 0. The topological polar surface area (TPSA) is 55.2 Å². The molecule has 1 aliphatic rings. The normalized spacial score (nSPS) is 21.0. The molecular weight excluding hydrogens is 180 g/mol. The molecule has 0 spiro atoms. The fraction of sp³-hybridized carbons (Fsp3) is 0.400. The summed E-state index contributed by atoms with van der Waals surface area (Å²) in [4.78, 5) is 10.1. The van der Waals surface area contributed by atoms with Gasteiger partial charge < -0.3 is 5.32 Å². The summed E-state index contributed by atoms with van der Waals surface area (Å²) in [6, 6.07) is 7.18. The Morgan fingerprint density at radius 2 is 2.07 bits per heavy atom. The first-order chi connectivity index (χ1) is 6.77. The Kier molecular flexibility index (Phi) is 2.45. The molecule has 2 rings (SSSR count). The molecule has 1 saturated heterocycles. The van der Waals surface area contributed by atoms with Gasteiger partial charge >= 0.3 is 0 Å². The number of nitrogens with one attached hydrogen (secondary N) is 1. The molecule has 0 aromatic heterocycles. The van der Waals surface area contributed by atoms with Crippen molar-refractivity contribution in [2.24, 2.45) is 0 Å². The van der Waals surface area contributed by atoms with Crippen molar-refractivity contribution in [2.75, 3.05) is 6.54 Å². The van der Waals surface area contributed by atoms with Crippen LogP contribution in [-0.4, -0.2) is 11.5 Å². The zero-order chi connectivity index (χ0) is 9.97. The number of hydrogen-bond acceptors (Lipinski definition) is 3. The van der Waals surface area contributed by atoms with E-state index < -0.39 is 0 Å². The number of benzene rings is 1. The first-order valence-electron chi connectivity index (χ1n) is 4.75. The molecule has 1 aromatic rings. The zero-order valence-corrected chi connectivity index (χ0v) is 7.77. The molecule has 0 aliphatic carbocycles. The van der Waals surface area contributed by atoms with Crippen LogP contribution >= 0.6 is 0 Å². The quantitative estimate of drug-likeness (QED) is 0.576. The van der Waals surface area contributed by atoms with Crippen molar-refractivity contribution >= 4 is 5.69 Å². The Morgan fingerprint density at radius 3 is 2.57 bits per heavy atom. The third-order valence-corrected chi connectivity index (χ3v) is 2.57. The monoisotopic (exact) mass is 192 g/mol. The van der Waals surface area contributed by atoms with Crippen LogP contribution < -0.4 is 5.32 Å². The molecule has 1 aromatic carbocycles. The van der Waals surface area contributed by atoms with Crippen LogP contribution in [0.5, 0.6) is 0 Å². The van der Waals surface area contributed by atoms with Crippen molar-refractivity contribution in [1.82, 2.24) is 5.32 Å². The second-order valence-electron chi connectivity index (χ2n) is 3.50. The molecule has 0 unspecified atom stereocenters. The smallest absolute Gasteiger partial charge is 0.269 e. The average Bonchev–Trinajstić information content (AvgIpc) is 2.71. The second-order valence-corrected chi connectivity index (χ2v) is 3.50. The highest BCUT2D eigenvalue weighted by Gasteiger charge is 2.16. The van der Waals surface area contributed by atoms with Crippen LogP contribution in [0.2, 0.25) is 0 Å². The Bertz CT molecular complexity index is 328. The maximum absolute atomic E-state index is 10.4. The summed E-state index contributed by atoms with van der Waals surface area (Å²) < 4.78 is 0. The number of hydrogen-bond donors (Lipinski definition) is 1. The van der Waals surface area contributed by atoms with Gasteiger partial charge in [0, 0.05) is 18.2 Å². The minimum atomic E-state index is -0.369. The molecule has 4 heteroatoms. The van der Waals surface area contributed by atoms with Crippen LogP contribution in [0.25, 0.3) is 0 Å². The molecule has 1 N–H and O–H groups in total. The SMILES string of the molecule is O=[N+]([O-])c1ccc([C@@H]2CCCN2)cc1. The maximum atomic E-state index is 10.4. The van der Waals surface area contributed by atoms with Gasteiger partial charge in [0.05, 0.1) is 4.92 Å². The van der Waals surface area contributed by atoms with Crippen LogP contribution in [0.15, 0.2) is 24.3 Å². The number of nitro benzene ring substituents is 1. The van der Waals surface area contributed by atoms with E-state index in [1.165, 1.54) is 6.42 Å². The van der Waals surface area contributed by atoms with E-state index in [4.69, 9.17) is 0 Å². The zero-order valence-electron chi connectivity index (χ0n) is 7.77. The van der Waals surface area contributed by atoms with Gasteiger partial charge in [-0.3, -0.25) is 10.1 Å². The summed E-state index contributed by atoms with van der Waals surface area (Å²) in [6.07, 6.45) is 2.31. The molecule has 14 heavy (non-hydrogen) atoms. The second kappa shape index (κ2) is 3.75. The lowest BCUT2D eigenvalue weighted by atomic mass is 10.1. The average molecular weight is 192 g/mol. The lowest BCUT2D eigenvalue weighted by molar-refractivity contribution is -0.384. The number of nitrogens with zero attached hydrogens (tertiary/aromatic N) is 1. The molecule has 0 saturated carbocycles. The van der Waals surface area contributed by atoms with Crippen molar-refractivity contribution in [3.8, 4) is 0 Å².